The monoisotopic (exact) mass is 422 g/mol. The van der Waals surface area contributed by atoms with Gasteiger partial charge in [0.25, 0.3) is 0 Å². The molecule has 3 saturated heterocycles. The number of amides is 2. The number of carbonyl (C=O) groups is 3. The summed E-state index contributed by atoms with van der Waals surface area (Å²) in [7, 11) is 0. The van der Waals surface area contributed by atoms with E-state index in [9.17, 15) is 19.5 Å². The molecule has 2 amide bonds. The van der Waals surface area contributed by atoms with Gasteiger partial charge in [0.05, 0.1) is 24.7 Å². The molecule has 0 saturated carbocycles. The first-order chi connectivity index (χ1) is 14.1. The quantitative estimate of drug-likeness (QED) is 0.463. The van der Waals surface area contributed by atoms with E-state index in [2.05, 4.69) is 6.58 Å². The highest BCUT2D eigenvalue weighted by Gasteiger charge is 2.80. The predicted octanol–water partition coefficient (Wildman–Crippen LogP) is 0.976. The van der Waals surface area contributed by atoms with Crippen LogP contribution in [-0.2, 0) is 23.9 Å². The molecule has 0 aliphatic carbocycles. The molecule has 0 aromatic carbocycles. The zero-order chi connectivity index (χ0) is 22.4. The van der Waals surface area contributed by atoms with Crippen LogP contribution in [0, 0.1) is 17.8 Å². The molecule has 3 fully saturated rings. The van der Waals surface area contributed by atoms with Crippen molar-refractivity contribution in [3.05, 3.63) is 12.7 Å². The molecule has 3 unspecified atom stereocenters. The molecular weight excluding hydrogens is 388 g/mol. The van der Waals surface area contributed by atoms with Crippen molar-refractivity contribution in [3.8, 4) is 0 Å². The van der Waals surface area contributed by atoms with Crippen molar-refractivity contribution in [3.63, 3.8) is 0 Å². The lowest BCUT2D eigenvalue weighted by Crippen LogP contribution is -2.58. The Kier molecular flexibility index (Phi) is 6.04. The number of hydrogen-bond donors (Lipinski definition) is 1. The fraction of sp³-hybridized carbons (Fsp3) is 0.773. The van der Waals surface area contributed by atoms with E-state index in [1.54, 1.807) is 17.9 Å². The van der Waals surface area contributed by atoms with Gasteiger partial charge in [-0.25, -0.2) is 0 Å². The molecule has 8 nitrogen and oxygen atoms in total. The van der Waals surface area contributed by atoms with Crippen LogP contribution in [0.5, 0.6) is 0 Å². The molecule has 3 aliphatic heterocycles. The van der Waals surface area contributed by atoms with Crippen LogP contribution in [0.4, 0.5) is 0 Å². The molecule has 2 bridgehead atoms. The molecule has 6 atom stereocenters. The van der Waals surface area contributed by atoms with Crippen molar-refractivity contribution in [1.29, 1.82) is 0 Å². The molecule has 1 spiro atoms. The minimum Gasteiger partial charge on any atom is -0.466 e. The summed E-state index contributed by atoms with van der Waals surface area (Å²) in [6.45, 7) is 13.4. The summed E-state index contributed by atoms with van der Waals surface area (Å²) >= 11 is 0. The third-order valence-corrected chi connectivity index (χ3v) is 7.16. The smallest absolute Gasteiger partial charge is 0.312 e. The zero-order valence-electron chi connectivity index (χ0n) is 18.6. The Bertz CT molecular complexity index is 739. The molecular formula is C22H34N2O6. The number of ether oxygens (including phenoxy) is 2. The zero-order valence-corrected chi connectivity index (χ0v) is 18.6. The largest absolute Gasteiger partial charge is 0.466 e. The summed E-state index contributed by atoms with van der Waals surface area (Å²) in [5.41, 5.74) is -1.99. The second kappa shape index (κ2) is 7.96. The number of nitrogens with zero attached hydrogens (tertiary/aromatic N) is 2. The third kappa shape index (κ3) is 2.99. The number of aliphatic hydroxyl groups is 1. The highest BCUT2D eigenvalue weighted by molar-refractivity contribution is 5.98. The van der Waals surface area contributed by atoms with Gasteiger partial charge < -0.3 is 24.4 Å². The second-order valence-electron chi connectivity index (χ2n) is 9.08. The van der Waals surface area contributed by atoms with Gasteiger partial charge in [0.1, 0.15) is 17.6 Å². The summed E-state index contributed by atoms with van der Waals surface area (Å²) in [6.07, 6.45) is 2.15. The maximum atomic E-state index is 13.8. The summed E-state index contributed by atoms with van der Waals surface area (Å²) in [5, 5.41) is 9.62. The lowest BCUT2D eigenvalue weighted by Gasteiger charge is -2.38. The number of esters is 1. The van der Waals surface area contributed by atoms with E-state index in [-0.39, 0.29) is 43.5 Å². The van der Waals surface area contributed by atoms with Crippen molar-refractivity contribution >= 4 is 17.8 Å². The van der Waals surface area contributed by atoms with Crippen LogP contribution in [0.1, 0.15) is 41.0 Å². The van der Waals surface area contributed by atoms with Crippen molar-refractivity contribution < 1.29 is 29.0 Å². The van der Waals surface area contributed by atoms with Gasteiger partial charge in [0, 0.05) is 19.1 Å². The molecule has 30 heavy (non-hydrogen) atoms. The average Bonchev–Trinajstić information content (AvgIpc) is 3.17. The highest BCUT2D eigenvalue weighted by Crippen LogP contribution is 2.65. The Morgan fingerprint density at radius 3 is 2.67 bits per heavy atom. The van der Waals surface area contributed by atoms with Gasteiger partial charge in [0.2, 0.25) is 11.8 Å². The SMILES string of the molecule is C=CCN(C(=O)C1N(CCO)C(=O)[C@@H]2[C@@H](C(=O)OCC)[C@]3(C)OC12CC3C)C(C)C. The van der Waals surface area contributed by atoms with E-state index in [1.165, 1.54) is 4.90 Å². The van der Waals surface area contributed by atoms with Crippen LogP contribution in [0.2, 0.25) is 0 Å². The first-order valence-electron chi connectivity index (χ1n) is 10.8. The maximum Gasteiger partial charge on any atom is 0.312 e. The predicted molar refractivity (Wildman–Crippen MR) is 109 cm³/mol. The van der Waals surface area contributed by atoms with Gasteiger partial charge in [-0.2, -0.15) is 0 Å². The topological polar surface area (TPSA) is 96.4 Å². The van der Waals surface area contributed by atoms with Crippen molar-refractivity contribution in [2.75, 3.05) is 26.3 Å². The van der Waals surface area contributed by atoms with Gasteiger partial charge in [-0.15, -0.1) is 6.58 Å². The number of β-amino-alcohol motifs (C(OH)–C–C–N with tert-alkyl or cyclic N) is 1. The molecule has 3 heterocycles. The number of aliphatic hydroxyl groups excluding tert-OH is 1. The van der Waals surface area contributed by atoms with Gasteiger partial charge in [0.15, 0.2) is 0 Å². The summed E-state index contributed by atoms with van der Waals surface area (Å²) < 4.78 is 11.8. The Morgan fingerprint density at radius 2 is 2.13 bits per heavy atom. The summed E-state index contributed by atoms with van der Waals surface area (Å²) in [4.78, 5) is 43.3. The van der Waals surface area contributed by atoms with Crippen LogP contribution >= 0.6 is 0 Å². The van der Waals surface area contributed by atoms with Crippen LogP contribution in [0.3, 0.4) is 0 Å². The standard InChI is InChI=1S/C22H34N2O6/c1-7-9-23(13(3)4)19(27)17-22-12-14(5)21(6,30-22)16(20(28)29-8-2)15(22)18(26)24(17)10-11-25/h7,13-17,25H,1,8-12H2,2-6H3/t14?,15-,16-,17?,21+,22?/m0/s1. The Hall–Kier alpha value is -1.93. The Labute approximate surface area is 178 Å². The minimum atomic E-state index is -1.11. The lowest BCUT2D eigenvalue weighted by molar-refractivity contribution is -0.162. The molecule has 1 N–H and O–H groups in total. The van der Waals surface area contributed by atoms with E-state index in [4.69, 9.17) is 9.47 Å². The van der Waals surface area contributed by atoms with E-state index >= 15 is 0 Å². The van der Waals surface area contributed by atoms with Gasteiger partial charge in [-0.1, -0.05) is 13.0 Å². The van der Waals surface area contributed by atoms with E-state index in [0.29, 0.717) is 13.0 Å². The Morgan fingerprint density at radius 1 is 1.47 bits per heavy atom. The fourth-order valence-electron chi connectivity index (χ4n) is 5.81. The maximum absolute atomic E-state index is 13.8. The second-order valence-corrected chi connectivity index (χ2v) is 9.08. The summed E-state index contributed by atoms with van der Waals surface area (Å²) in [6, 6.07) is -1.00. The highest BCUT2D eigenvalue weighted by atomic mass is 16.6. The van der Waals surface area contributed by atoms with Crippen molar-refractivity contribution in [2.24, 2.45) is 17.8 Å². The number of hydrogen-bond acceptors (Lipinski definition) is 6. The van der Waals surface area contributed by atoms with Gasteiger partial charge >= 0.3 is 5.97 Å². The molecule has 168 valence electrons. The molecule has 0 aromatic rings. The minimum absolute atomic E-state index is 0.0114. The van der Waals surface area contributed by atoms with Crippen LogP contribution in [0.25, 0.3) is 0 Å². The first-order valence-corrected chi connectivity index (χ1v) is 10.8. The van der Waals surface area contributed by atoms with Crippen LogP contribution < -0.4 is 0 Å². The lowest BCUT2D eigenvalue weighted by atomic mass is 9.62. The normalized spacial score (nSPS) is 36.9. The number of carbonyl (C=O) groups excluding carboxylic acids is 3. The molecule has 3 aliphatic rings. The average molecular weight is 423 g/mol. The number of fused-ring (bicyclic) bond motifs is 1. The molecule has 8 heteroatoms. The van der Waals surface area contributed by atoms with E-state index in [0.717, 1.165) is 0 Å². The third-order valence-electron chi connectivity index (χ3n) is 7.16. The Balaban J connectivity index is 2.11. The summed E-state index contributed by atoms with van der Waals surface area (Å²) in [5.74, 6) is -2.63. The van der Waals surface area contributed by atoms with Crippen molar-refractivity contribution in [1.82, 2.24) is 9.80 Å². The number of rotatable bonds is 8. The van der Waals surface area contributed by atoms with Crippen LogP contribution in [-0.4, -0.2) is 82.3 Å². The fourth-order valence-corrected chi connectivity index (χ4v) is 5.81. The van der Waals surface area contributed by atoms with Gasteiger partial charge in [-0.3, -0.25) is 14.4 Å². The van der Waals surface area contributed by atoms with E-state index in [1.807, 2.05) is 27.7 Å². The number of likely N-dealkylation sites (tertiary alicyclic amines) is 1. The molecule has 3 rings (SSSR count). The molecule has 0 aromatic heterocycles. The van der Waals surface area contributed by atoms with E-state index < -0.39 is 35.0 Å². The van der Waals surface area contributed by atoms with Gasteiger partial charge in [-0.05, 0) is 40.0 Å². The molecule has 0 radical (unpaired) electrons. The van der Waals surface area contributed by atoms with Crippen molar-refractivity contribution in [2.45, 2.75) is 64.3 Å². The van der Waals surface area contributed by atoms with Crippen LogP contribution in [0.15, 0.2) is 12.7 Å². The first kappa shape index (κ1) is 22.7.